The fourth-order valence-corrected chi connectivity index (χ4v) is 6.66. The number of nitrogens with one attached hydrogen (secondary N) is 1. The summed E-state index contributed by atoms with van der Waals surface area (Å²) in [6, 6.07) is 15.6. The molecule has 4 rings (SSSR count). The number of primary amides is 1. The van der Waals surface area contributed by atoms with Crippen molar-refractivity contribution in [3.63, 3.8) is 0 Å². The minimum atomic E-state index is -0.923. The number of esters is 1. The van der Waals surface area contributed by atoms with Crippen LogP contribution in [0, 0.1) is 16.0 Å². The SMILES string of the molecule is CCOC(=O)C1(c2ccccc2)CCN(CCCNC(=O)C2=C(COCCN)N=C(CC)C(C(N)=O)C2c2ccc([N+](=O)[O-])cc2)CC1. The summed E-state index contributed by atoms with van der Waals surface area (Å²) >= 11 is 0. The van der Waals surface area contributed by atoms with Crippen molar-refractivity contribution in [3.8, 4) is 0 Å². The number of nitro groups is 1. The van der Waals surface area contributed by atoms with Gasteiger partial charge in [-0.3, -0.25) is 29.5 Å². The Kier molecular flexibility index (Phi) is 13.0. The molecule has 258 valence electrons. The number of hydrogen-bond donors (Lipinski definition) is 3. The van der Waals surface area contributed by atoms with Crippen molar-refractivity contribution in [2.75, 3.05) is 52.5 Å². The lowest BCUT2D eigenvalue weighted by molar-refractivity contribution is -0.384. The van der Waals surface area contributed by atoms with Crippen LogP contribution in [0.3, 0.4) is 0 Å². The molecule has 48 heavy (non-hydrogen) atoms. The second-order valence-electron chi connectivity index (χ2n) is 12.0. The van der Waals surface area contributed by atoms with Crippen molar-refractivity contribution in [2.24, 2.45) is 22.4 Å². The Bertz CT molecular complexity index is 1500. The molecular weight excluding hydrogens is 616 g/mol. The molecule has 2 heterocycles. The van der Waals surface area contributed by atoms with Gasteiger partial charge in [0.05, 0.1) is 41.8 Å². The topological polar surface area (TPSA) is 192 Å². The molecule has 0 aromatic heterocycles. The van der Waals surface area contributed by atoms with Crippen LogP contribution >= 0.6 is 0 Å². The minimum Gasteiger partial charge on any atom is -0.465 e. The van der Waals surface area contributed by atoms with Gasteiger partial charge in [0.2, 0.25) is 11.8 Å². The van der Waals surface area contributed by atoms with Crippen LogP contribution in [0.1, 0.15) is 56.6 Å². The van der Waals surface area contributed by atoms with Crippen molar-refractivity contribution in [1.29, 1.82) is 0 Å². The first kappa shape index (κ1) is 36.4. The summed E-state index contributed by atoms with van der Waals surface area (Å²) in [5.41, 5.74) is 13.3. The number of aliphatic imine (C=N–C) groups is 1. The molecule has 5 N–H and O–H groups in total. The molecule has 2 aliphatic heterocycles. The van der Waals surface area contributed by atoms with Gasteiger partial charge in [-0.05, 0) is 63.4 Å². The summed E-state index contributed by atoms with van der Waals surface area (Å²) in [4.78, 5) is 57.7. The van der Waals surface area contributed by atoms with E-state index in [1.807, 2.05) is 44.2 Å². The van der Waals surface area contributed by atoms with Crippen LogP contribution in [0.25, 0.3) is 0 Å². The number of piperidine rings is 1. The van der Waals surface area contributed by atoms with Crippen LogP contribution in [0.5, 0.6) is 0 Å². The number of nitrogens with zero attached hydrogens (tertiary/aromatic N) is 3. The first-order valence-electron chi connectivity index (χ1n) is 16.5. The standard InChI is InChI=1S/C35H46N6O7/c1-3-27-30(32(37)42)29(24-11-13-26(14-12-24)41(45)46)31(28(39-27)23-47-22-17-36)33(43)38-18-8-19-40-20-15-35(16-21-40,34(44)48-4-2)25-9-6-5-7-10-25/h5-7,9-14,29-30H,3-4,8,15-23,36H2,1-2H3,(H2,37,42)(H,38,43). The largest absolute Gasteiger partial charge is 0.465 e. The van der Waals surface area contributed by atoms with Crippen molar-refractivity contribution in [3.05, 3.63) is 87.1 Å². The van der Waals surface area contributed by atoms with Crippen molar-refractivity contribution < 1.29 is 28.8 Å². The number of nitro benzene ring substituents is 1. The molecule has 0 spiro atoms. The predicted octanol–water partition coefficient (Wildman–Crippen LogP) is 2.98. The van der Waals surface area contributed by atoms with E-state index in [0.717, 1.165) is 5.56 Å². The molecule has 2 aromatic carbocycles. The quantitative estimate of drug-likeness (QED) is 0.105. The molecule has 2 atom stereocenters. The van der Waals surface area contributed by atoms with Gasteiger partial charge in [0.15, 0.2) is 0 Å². The first-order chi connectivity index (χ1) is 23.2. The van der Waals surface area contributed by atoms with E-state index in [2.05, 4.69) is 15.2 Å². The first-order valence-corrected chi connectivity index (χ1v) is 16.5. The smallest absolute Gasteiger partial charge is 0.316 e. The third kappa shape index (κ3) is 8.33. The Balaban J connectivity index is 1.49. The van der Waals surface area contributed by atoms with E-state index in [1.165, 1.54) is 12.1 Å². The summed E-state index contributed by atoms with van der Waals surface area (Å²) < 4.78 is 11.2. The lowest BCUT2D eigenvalue weighted by Gasteiger charge is -2.40. The number of carbonyl (C=O) groups excluding carboxylic acids is 3. The lowest BCUT2D eigenvalue weighted by Crippen LogP contribution is -2.48. The molecule has 0 radical (unpaired) electrons. The van der Waals surface area contributed by atoms with Gasteiger partial charge < -0.3 is 31.2 Å². The summed E-state index contributed by atoms with van der Waals surface area (Å²) in [7, 11) is 0. The van der Waals surface area contributed by atoms with Gasteiger partial charge in [-0.25, -0.2) is 0 Å². The van der Waals surface area contributed by atoms with Gasteiger partial charge in [0.1, 0.15) is 0 Å². The molecule has 1 saturated heterocycles. The number of nitrogens with two attached hydrogens (primary N) is 2. The molecule has 2 amide bonds. The molecule has 1 fully saturated rings. The highest BCUT2D eigenvalue weighted by molar-refractivity contribution is 6.09. The molecule has 2 unspecified atom stereocenters. The van der Waals surface area contributed by atoms with Gasteiger partial charge >= 0.3 is 5.97 Å². The van der Waals surface area contributed by atoms with Gasteiger partial charge in [-0.2, -0.15) is 0 Å². The molecule has 13 heteroatoms. The maximum absolute atomic E-state index is 13.9. The van der Waals surface area contributed by atoms with Crippen molar-refractivity contribution >= 4 is 29.2 Å². The minimum absolute atomic E-state index is 0.00414. The van der Waals surface area contributed by atoms with Crippen molar-refractivity contribution in [2.45, 2.75) is 50.9 Å². The van der Waals surface area contributed by atoms with Gasteiger partial charge in [0.25, 0.3) is 5.69 Å². The Morgan fingerprint density at radius 1 is 1.08 bits per heavy atom. The molecular formula is C35H46N6O7. The van der Waals surface area contributed by atoms with Crippen LogP contribution in [-0.4, -0.2) is 85.9 Å². The zero-order valence-electron chi connectivity index (χ0n) is 27.7. The van der Waals surface area contributed by atoms with E-state index in [9.17, 15) is 24.5 Å². The number of amides is 2. The maximum atomic E-state index is 13.9. The summed E-state index contributed by atoms with van der Waals surface area (Å²) in [5, 5.41) is 14.3. The third-order valence-corrected chi connectivity index (χ3v) is 9.11. The highest BCUT2D eigenvalue weighted by Crippen LogP contribution is 2.40. The summed E-state index contributed by atoms with van der Waals surface area (Å²) in [6.45, 7) is 6.95. The Morgan fingerprint density at radius 3 is 2.35 bits per heavy atom. The number of benzene rings is 2. The molecule has 13 nitrogen and oxygen atoms in total. The second-order valence-corrected chi connectivity index (χ2v) is 12.0. The van der Waals surface area contributed by atoms with Crippen LogP contribution in [0.15, 0.2) is 70.9 Å². The van der Waals surface area contributed by atoms with Gasteiger partial charge in [0, 0.05) is 42.4 Å². The molecule has 0 saturated carbocycles. The predicted molar refractivity (Wildman–Crippen MR) is 181 cm³/mol. The zero-order valence-corrected chi connectivity index (χ0v) is 27.7. The van der Waals surface area contributed by atoms with E-state index in [1.54, 1.807) is 12.1 Å². The van der Waals surface area contributed by atoms with Crippen LogP contribution in [0.2, 0.25) is 0 Å². The fraction of sp³-hybridized carbons (Fsp3) is 0.486. The number of rotatable bonds is 16. The van der Waals surface area contributed by atoms with Crippen LogP contribution < -0.4 is 16.8 Å². The Hall–Kier alpha value is -4.46. The Morgan fingerprint density at radius 2 is 1.77 bits per heavy atom. The third-order valence-electron chi connectivity index (χ3n) is 9.11. The summed E-state index contributed by atoms with van der Waals surface area (Å²) in [5.74, 6) is -3.00. The molecule has 2 aromatic rings. The number of non-ortho nitro benzene ring substituents is 1. The second kappa shape index (κ2) is 17.1. The Labute approximate surface area is 280 Å². The number of ether oxygens (including phenoxy) is 2. The average Bonchev–Trinajstić information content (AvgIpc) is 3.10. The van der Waals surface area contributed by atoms with E-state index in [4.69, 9.17) is 20.9 Å². The van der Waals surface area contributed by atoms with E-state index in [-0.39, 0.29) is 37.0 Å². The average molecular weight is 663 g/mol. The molecule has 0 bridgehead atoms. The molecule has 0 aliphatic carbocycles. The van der Waals surface area contributed by atoms with E-state index in [0.29, 0.717) is 75.4 Å². The van der Waals surface area contributed by atoms with Gasteiger partial charge in [-0.15, -0.1) is 0 Å². The monoisotopic (exact) mass is 662 g/mol. The zero-order chi connectivity index (χ0) is 34.7. The normalized spacial score (nSPS) is 19.4. The summed E-state index contributed by atoms with van der Waals surface area (Å²) in [6.07, 6.45) is 2.31. The van der Waals surface area contributed by atoms with E-state index < -0.39 is 34.0 Å². The number of hydrogen-bond acceptors (Lipinski definition) is 10. The van der Waals surface area contributed by atoms with E-state index >= 15 is 0 Å². The maximum Gasteiger partial charge on any atom is 0.316 e. The highest BCUT2D eigenvalue weighted by atomic mass is 16.6. The van der Waals surface area contributed by atoms with Crippen molar-refractivity contribution in [1.82, 2.24) is 10.2 Å². The highest BCUT2D eigenvalue weighted by Gasteiger charge is 2.44. The number of carbonyl (C=O) groups is 3. The van der Waals surface area contributed by atoms with Crippen LogP contribution in [0.4, 0.5) is 5.69 Å². The number of likely N-dealkylation sites (tertiary alicyclic amines) is 1. The van der Waals surface area contributed by atoms with Gasteiger partial charge in [-0.1, -0.05) is 49.4 Å². The fourth-order valence-electron chi connectivity index (χ4n) is 6.66. The molecule has 2 aliphatic rings. The lowest BCUT2D eigenvalue weighted by atomic mass is 9.72. The van der Waals surface area contributed by atoms with Crippen LogP contribution in [-0.2, 0) is 29.3 Å².